The first kappa shape index (κ1) is 12.8. The first-order valence-electron chi connectivity index (χ1n) is 5.97. The van der Waals surface area contributed by atoms with Gasteiger partial charge in [-0.25, -0.2) is 9.97 Å². The number of rotatable bonds is 3. The number of aryl methyl sites for hydroxylation is 2. The van der Waals surface area contributed by atoms with Crippen LogP contribution in [0.5, 0.6) is 0 Å². The van der Waals surface area contributed by atoms with Crippen molar-refractivity contribution in [1.82, 2.24) is 9.97 Å². The Balaban J connectivity index is 2.58. The Morgan fingerprint density at radius 2 is 1.89 bits per heavy atom. The zero-order valence-electron chi connectivity index (χ0n) is 10.8. The minimum absolute atomic E-state index is 0.704. The van der Waals surface area contributed by atoms with E-state index in [0.717, 1.165) is 35.0 Å². The third kappa shape index (κ3) is 2.62. The van der Waals surface area contributed by atoms with Crippen LogP contribution in [0.1, 0.15) is 18.3 Å². The van der Waals surface area contributed by atoms with E-state index in [4.69, 9.17) is 11.6 Å². The fourth-order valence-corrected chi connectivity index (χ4v) is 1.92. The minimum Gasteiger partial charge on any atom is -0.369 e. The van der Waals surface area contributed by atoms with Crippen molar-refractivity contribution in [3.63, 3.8) is 0 Å². The zero-order chi connectivity index (χ0) is 13.1. The van der Waals surface area contributed by atoms with Crippen LogP contribution in [-0.4, -0.2) is 16.5 Å². The molecular formula is C14H16ClN3. The maximum Gasteiger partial charge on any atom is 0.152 e. The molecule has 2 aromatic rings. The van der Waals surface area contributed by atoms with E-state index in [1.807, 2.05) is 45.0 Å². The molecule has 1 heterocycles. The highest BCUT2D eigenvalue weighted by molar-refractivity contribution is 6.30. The highest BCUT2D eigenvalue weighted by Gasteiger charge is 2.10. The lowest BCUT2D eigenvalue weighted by atomic mass is 10.1. The Bertz CT molecular complexity index is 567. The Morgan fingerprint density at radius 3 is 2.56 bits per heavy atom. The van der Waals surface area contributed by atoms with Gasteiger partial charge in [-0.15, -0.1) is 0 Å². The van der Waals surface area contributed by atoms with E-state index >= 15 is 0 Å². The molecule has 0 unspecified atom stereocenters. The molecule has 0 aliphatic carbocycles. The third-order valence-corrected chi connectivity index (χ3v) is 2.98. The third-order valence-electron chi connectivity index (χ3n) is 2.75. The lowest BCUT2D eigenvalue weighted by Gasteiger charge is -2.12. The van der Waals surface area contributed by atoms with Crippen LogP contribution >= 0.6 is 11.6 Å². The van der Waals surface area contributed by atoms with Crippen molar-refractivity contribution in [2.24, 2.45) is 0 Å². The Kier molecular flexibility index (Phi) is 3.82. The summed E-state index contributed by atoms with van der Waals surface area (Å²) in [5.74, 6) is 0.808. The van der Waals surface area contributed by atoms with E-state index in [-0.39, 0.29) is 0 Å². The second-order valence-corrected chi connectivity index (χ2v) is 4.57. The number of nitrogens with one attached hydrogen (secondary N) is 1. The quantitative estimate of drug-likeness (QED) is 0.912. The maximum absolute atomic E-state index is 6.03. The molecule has 18 heavy (non-hydrogen) atoms. The Labute approximate surface area is 112 Å². The van der Waals surface area contributed by atoms with Gasteiger partial charge in [0.05, 0.1) is 11.4 Å². The molecule has 0 aliphatic heterocycles. The van der Waals surface area contributed by atoms with Gasteiger partial charge in [-0.1, -0.05) is 23.7 Å². The minimum atomic E-state index is 0.704. The molecule has 94 valence electrons. The Hall–Kier alpha value is -1.61. The van der Waals surface area contributed by atoms with E-state index in [0.29, 0.717) is 5.02 Å². The molecule has 0 saturated heterocycles. The van der Waals surface area contributed by atoms with Crippen molar-refractivity contribution in [2.75, 3.05) is 11.9 Å². The van der Waals surface area contributed by atoms with Crippen LogP contribution in [0.25, 0.3) is 11.3 Å². The van der Waals surface area contributed by atoms with Gasteiger partial charge in [0.2, 0.25) is 0 Å². The fraction of sp³-hybridized carbons (Fsp3) is 0.286. The standard InChI is InChI=1S/C14H16ClN3/c1-4-16-14-13(17-9(2)10(3)18-14)11-6-5-7-12(15)8-11/h5-8H,4H2,1-3H3,(H,16,18). The molecule has 4 heteroatoms. The summed E-state index contributed by atoms with van der Waals surface area (Å²) in [6, 6.07) is 7.67. The number of hydrogen-bond acceptors (Lipinski definition) is 3. The SMILES string of the molecule is CCNc1nc(C)c(C)nc1-c1cccc(Cl)c1. The lowest BCUT2D eigenvalue weighted by Crippen LogP contribution is -2.06. The molecule has 1 aromatic carbocycles. The molecule has 0 bridgehead atoms. The van der Waals surface area contributed by atoms with Crippen molar-refractivity contribution in [3.05, 3.63) is 40.7 Å². The van der Waals surface area contributed by atoms with Crippen LogP contribution in [0.4, 0.5) is 5.82 Å². The van der Waals surface area contributed by atoms with Crippen LogP contribution < -0.4 is 5.32 Å². The van der Waals surface area contributed by atoms with Crippen molar-refractivity contribution >= 4 is 17.4 Å². The normalized spacial score (nSPS) is 10.4. The monoisotopic (exact) mass is 261 g/mol. The lowest BCUT2D eigenvalue weighted by molar-refractivity contribution is 1.03. The van der Waals surface area contributed by atoms with Gasteiger partial charge in [-0.2, -0.15) is 0 Å². The summed E-state index contributed by atoms with van der Waals surface area (Å²) < 4.78 is 0. The summed E-state index contributed by atoms with van der Waals surface area (Å²) >= 11 is 6.03. The molecule has 1 aromatic heterocycles. The summed E-state index contributed by atoms with van der Waals surface area (Å²) in [6.45, 7) is 6.78. The van der Waals surface area contributed by atoms with Crippen LogP contribution in [0.15, 0.2) is 24.3 Å². The topological polar surface area (TPSA) is 37.8 Å². The highest BCUT2D eigenvalue weighted by Crippen LogP contribution is 2.27. The van der Waals surface area contributed by atoms with Crippen molar-refractivity contribution < 1.29 is 0 Å². The van der Waals surface area contributed by atoms with Crippen LogP contribution in [0.3, 0.4) is 0 Å². The smallest absolute Gasteiger partial charge is 0.152 e. The highest BCUT2D eigenvalue weighted by atomic mass is 35.5. The van der Waals surface area contributed by atoms with Gasteiger partial charge >= 0.3 is 0 Å². The number of hydrogen-bond donors (Lipinski definition) is 1. The van der Waals surface area contributed by atoms with Crippen LogP contribution in [0, 0.1) is 13.8 Å². The van der Waals surface area contributed by atoms with E-state index in [1.165, 1.54) is 0 Å². The maximum atomic E-state index is 6.03. The number of nitrogens with zero attached hydrogens (tertiary/aromatic N) is 2. The predicted molar refractivity (Wildman–Crippen MR) is 76.1 cm³/mol. The molecule has 2 rings (SSSR count). The first-order valence-corrected chi connectivity index (χ1v) is 6.34. The van der Waals surface area contributed by atoms with Crippen molar-refractivity contribution in [1.29, 1.82) is 0 Å². The molecule has 0 fully saturated rings. The molecule has 0 spiro atoms. The van der Waals surface area contributed by atoms with Crippen LogP contribution in [0.2, 0.25) is 5.02 Å². The second-order valence-electron chi connectivity index (χ2n) is 4.13. The predicted octanol–water partition coefficient (Wildman–Crippen LogP) is 3.85. The Morgan fingerprint density at radius 1 is 1.17 bits per heavy atom. The average molecular weight is 262 g/mol. The number of halogens is 1. The second kappa shape index (κ2) is 5.36. The molecule has 0 amide bonds. The summed E-state index contributed by atoms with van der Waals surface area (Å²) in [5, 5.41) is 3.95. The van der Waals surface area contributed by atoms with Crippen molar-refractivity contribution in [2.45, 2.75) is 20.8 Å². The number of benzene rings is 1. The first-order chi connectivity index (χ1) is 8.61. The molecule has 3 nitrogen and oxygen atoms in total. The van der Waals surface area contributed by atoms with Gasteiger partial charge in [-0.05, 0) is 32.9 Å². The van der Waals surface area contributed by atoms with E-state index in [9.17, 15) is 0 Å². The van der Waals surface area contributed by atoms with Gasteiger partial charge < -0.3 is 5.32 Å². The van der Waals surface area contributed by atoms with Gasteiger partial charge in [0.1, 0.15) is 5.69 Å². The summed E-state index contributed by atoms with van der Waals surface area (Å²) in [4.78, 5) is 9.17. The average Bonchev–Trinajstić information content (AvgIpc) is 2.34. The summed E-state index contributed by atoms with van der Waals surface area (Å²) in [6.07, 6.45) is 0. The van der Waals surface area contributed by atoms with Gasteiger partial charge in [0.15, 0.2) is 5.82 Å². The van der Waals surface area contributed by atoms with E-state index in [1.54, 1.807) is 0 Å². The zero-order valence-corrected chi connectivity index (χ0v) is 11.5. The fourth-order valence-electron chi connectivity index (χ4n) is 1.73. The molecule has 1 N–H and O–H groups in total. The van der Waals surface area contributed by atoms with Gasteiger partial charge in [0.25, 0.3) is 0 Å². The number of anilines is 1. The summed E-state index contributed by atoms with van der Waals surface area (Å²) in [5.41, 5.74) is 3.71. The molecule has 0 radical (unpaired) electrons. The number of aromatic nitrogens is 2. The van der Waals surface area contributed by atoms with E-state index < -0.39 is 0 Å². The molecular weight excluding hydrogens is 246 g/mol. The van der Waals surface area contributed by atoms with Crippen LogP contribution in [-0.2, 0) is 0 Å². The summed E-state index contributed by atoms with van der Waals surface area (Å²) in [7, 11) is 0. The largest absolute Gasteiger partial charge is 0.369 e. The van der Waals surface area contributed by atoms with E-state index in [2.05, 4.69) is 15.3 Å². The molecule has 0 aliphatic rings. The van der Waals surface area contributed by atoms with Crippen molar-refractivity contribution in [3.8, 4) is 11.3 Å². The van der Waals surface area contributed by atoms with Gasteiger partial charge in [-0.3, -0.25) is 0 Å². The van der Waals surface area contributed by atoms with Gasteiger partial charge in [0, 0.05) is 17.1 Å². The molecule has 0 saturated carbocycles. The molecule has 0 atom stereocenters.